The van der Waals surface area contributed by atoms with Crippen LogP contribution in [-0.4, -0.2) is 24.7 Å². The van der Waals surface area contributed by atoms with Crippen LogP contribution in [0, 0.1) is 0 Å². The molecule has 0 atom stereocenters. The summed E-state index contributed by atoms with van der Waals surface area (Å²) in [6, 6.07) is 37.4. The first kappa shape index (κ1) is 28.5. The lowest BCUT2D eigenvalue weighted by Gasteiger charge is -2.25. The lowest BCUT2D eigenvalue weighted by atomic mass is 10.0. The summed E-state index contributed by atoms with van der Waals surface area (Å²) in [7, 11) is 0. The maximum atomic E-state index is 10.2. The van der Waals surface area contributed by atoms with Crippen molar-refractivity contribution >= 4 is 0 Å². The fraction of sp³-hybridized carbons (Fsp3) is 0.250. The molecule has 5 aromatic rings. The fourth-order valence-corrected chi connectivity index (χ4v) is 5.38. The largest absolute Gasteiger partial charge is 0.392 e. The molecule has 0 fully saturated rings. The molecule has 0 unspecified atom stereocenters. The second-order valence-corrected chi connectivity index (χ2v) is 10.5. The van der Waals surface area contributed by atoms with Gasteiger partial charge in [-0.05, 0) is 28.7 Å². The number of benzene rings is 4. The highest BCUT2D eigenvalue weighted by atomic mass is 16.3. The number of aliphatic hydroxyl groups excluding tert-OH is 2. The van der Waals surface area contributed by atoms with Gasteiger partial charge in [-0.25, -0.2) is 4.98 Å². The van der Waals surface area contributed by atoms with Gasteiger partial charge in [0, 0.05) is 37.3 Å². The Labute approximate surface area is 243 Å². The summed E-state index contributed by atoms with van der Waals surface area (Å²) in [5.41, 5.74) is 8.38. The van der Waals surface area contributed by atoms with Crippen LogP contribution in [0.5, 0.6) is 0 Å². The molecular formula is C36H39N3O2. The van der Waals surface area contributed by atoms with Gasteiger partial charge >= 0.3 is 0 Å². The second-order valence-electron chi connectivity index (χ2n) is 10.5. The van der Waals surface area contributed by atoms with Gasteiger partial charge in [0.25, 0.3) is 0 Å². The van der Waals surface area contributed by atoms with E-state index in [-0.39, 0.29) is 13.2 Å². The molecule has 2 N–H and O–H groups in total. The third-order valence-corrected chi connectivity index (χ3v) is 7.53. The topological polar surface area (TPSA) is 61.5 Å². The average molecular weight is 546 g/mol. The van der Waals surface area contributed by atoms with Crippen LogP contribution >= 0.6 is 0 Å². The number of hydrogen-bond acceptors (Lipinski definition) is 4. The molecule has 4 aromatic carbocycles. The first-order chi connectivity index (χ1) is 20.2. The highest BCUT2D eigenvalue weighted by molar-refractivity contribution is 5.68. The lowest BCUT2D eigenvalue weighted by molar-refractivity contribution is 0.235. The van der Waals surface area contributed by atoms with Crippen molar-refractivity contribution in [1.82, 2.24) is 14.5 Å². The van der Waals surface area contributed by atoms with E-state index < -0.39 is 0 Å². The second kappa shape index (κ2) is 14.0. The van der Waals surface area contributed by atoms with Gasteiger partial charge < -0.3 is 14.8 Å². The Kier molecular flexibility index (Phi) is 9.76. The summed E-state index contributed by atoms with van der Waals surface area (Å²) in [6.45, 7) is 5.11. The number of rotatable bonds is 13. The lowest BCUT2D eigenvalue weighted by Crippen LogP contribution is -2.25. The highest BCUT2D eigenvalue weighted by Gasteiger charge is 2.22. The molecule has 0 aliphatic heterocycles. The molecular weight excluding hydrogens is 506 g/mol. The van der Waals surface area contributed by atoms with E-state index in [0.29, 0.717) is 13.1 Å². The molecule has 0 saturated carbocycles. The molecule has 1 heterocycles. The van der Waals surface area contributed by atoms with Gasteiger partial charge in [0.1, 0.15) is 5.82 Å². The minimum Gasteiger partial charge on any atom is -0.392 e. The minimum absolute atomic E-state index is 0.0413. The van der Waals surface area contributed by atoms with Gasteiger partial charge in [-0.3, -0.25) is 4.90 Å². The van der Waals surface area contributed by atoms with E-state index in [0.717, 1.165) is 65.3 Å². The maximum absolute atomic E-state index is 10.2. The van der Waals surface area contributed by atoms with Crippen molar-refractivity contribution in [3.63, 3.8) is 0 Å². The number of hydrogen-bond donors (Lipinski definition) is 2. The van der Waals surface area contributed by atoms with Crippen LogP contribution < -0.4 is 0 Å². The number of aliphatic hydroxyl groups is 2. The minimum atomic E-state index is -0.0653. The van der Waals surface area contributed by atoms with Crippen LogP contribution in [0.2, 0.25) is 0 Å². The Morgan fingerprint density at radius 1 is 0.659 bits per heavy atom. The van der Waals surface area contributed by atoms with Crippen molar-refractivity contribution in [2.75, 3.05) is 0 Å². The van der Waals surface area contributed by atoms with E-state index in [2.05, 4.69) is 89.2 Å². The molecule has 5 heteroatoms. The van der Waals surface area contributed by atoms with E-state index in [4.69, 9.17) is 4.98 Å². The summed E-state index contributed by atoms with van der Waals surface area (Å²) in [5, 5.41) is 19.8. The molecule has 210 valence electrons. The Balaban J connectivity index is 1.62. The normalized spacial score (nSPS) is 11.3. The molecule has 41 heavy (non-hydrogen) atoms. The van der Waals surface area contributed by atoms with Crippen LogP contribution in [0.1, 0.15) is 47.7 Å². The predicted octanol–water partition coefficient (Wildman–Crippen LogP) is 7.20. The molecule has 0 aliphatic carbocycles. The molecule has 1 aromatic heterocycles. The first-order valence-electron chi connectivity index (χ1n) is 14.5. The van der Waals surface area contributed by atoms with Gasteiger partial charge in [-0.15, -0.1) is 0 Å². The Morgan fingerprint density at radius 2 is 1.32 bits per heavy atom. The average Bonchev–Trinajstić information content (AvgIpc) is 3.39. The van der Waals surface area contributed by atoms with Crippen LogP contribution in [0.3, 0.4) is 0 Å². The van der Waals surface area contributed by atoms with Crippen LogP contribution in [0.15, 0.2) is 109 Å². The van der Waals surface area contributed by atoms with Crippen molar-refractivity contribution < 1.29 is 10.2 Å². The zero-order valence-corrected chi connectivity index (χ0v) is 23.8. The molecule has 0 amide bonds. The van der Waals surface area contributed by atoms with Gasteiger partial charge in [0.05, 0.1) is 24.6 Å². The first-order valence-corrected chi connectivity index (χ1v) is 14.5. The van der Waals surface area contributed by atoms with E-state index in [1.165, 1.54) is 11.3 Å². The van der Waals surface area contributed by atoms with Crippen LogP contribution in [0.25, 0.3) is 22.6 Å². The molecule has 0 radical (unpaired) electrons. The SMILES string of the molecule is CCCCn1c(-c2ccccc2)nc(-c2ccccc2)c1CN(Cc1ccccc1)Cc1ccc(CO)cc1CO. The quantitative estimate of drug-likeness (QED) is 0.164. The Morgan fingerprint density at radius 3 is 1.95 bits per heavy atom. The molecule has 0 saturated heterocycles. The van der Waals surface area contributed by atoms with Gasteiger partial charge in [-0.1, -0.05) is 123 Å². The zero-order chi connectivity index (χ0) is 28.4. The van der Waals surface area contributed by atoms with Crippen molar-refractivity contribution in [3.05, 3.63) is 137 Å². The molecule has 0 bridgehead atoms. The third-order valence-electron chi connectivity index (χ3n) is 7.53. The maximum Gasteiger partial charge on any atom is 0.140 e. The smallest absolute Gasteiger partial charge is 0.140 e. The van der Waals surface area contributed by atoms with Crippen molar-refractivity contribution in [2.45, 2.75) is 59.2 Å². The highest BCUT2D eigenvalue weighted by Crippen LogP contribution is 2.32. The van der Waals surface area contributed by atoms with E-state index >= 15 is 0 Å². The van der Waals surface area contributed by atoms with Gasteiger partial charge in [0.2, 0.25) is 0 Å². The summed E-state index contributed by atoms with van der Waals surface area (Å²) in [5.74, 6) is 0.996. The summed E-state index contributed by atoms with van der Waals surface area (Å²) < 4.78 is 2.42. The molecule has 0 spiro atoms. The number of nitrogens with zero attached hydrogens (tertiary/aromatic N) is 3. The van der Waals surface area contributed by atoms with Gasteiger partial charge in [-0.2, -0.15) is 0 Å². The summed E-state index contributed by atoms with van der Waals surface area (Å²) in [4.78, 5) is 7.73. The monoisotopic (exact) mass is 545 g/mol. The number of imidazole rings is 1. The fourth-order valence-electron chi connectivity index (χ4n) is 5.38. The third kappa shape index (κ3) is 7.01. The molecule has 0 aliphatic rings. The Bertz CT molecular complexity index is 1520. The molecule has 5 nitrogen and oxygen atoms in total. The zero-order valence-electron chi connectivity index (χ0n) is 23.8. The van der Waals surface area contributed by atoms with Gasteiger partial charge in [0.15, 0.2) is 0 Å². The van der Waals surface area contributed by atoms with Crippen molar-refractivity contribution in [1.29, 1.82) is 0 Å². The molecule has 5 rings (SSSR count). The summed E-state index contributed by atoms with van der Waals surface area (Å²) >= 11 is 0. The number of unbranched alkanes of at least 4 members (excludes halogenated alkanes) is 1. The van der Waals surface area contributed by atoms with E-state index in [1.54, 1.807) is 0 Å². The standard InChI is InChI=1S/C36H39N3O2/c1-2-3-21-39-34(35(30-15-9-5-10-16-30)37-36(39)31-17-11-6-12-18-31)25-38(23-28-13-7-4-8-14-28)24-32-20-19-29(26-40)22-33(32)27-41/h4-20,22,40-41H,2-3,21,23-27H2,1H3. The van der Waals surface area contributed by atoms with Crippen molar-refractivity contribution in [3.8, 4) is 22.6 Å². The number of aromatic nitrogens is 2. The van der Waals surface area contributed by atoms with Crippen LogP contribution in [0.4, 0.5) is 0 Å². The van der Waals surface area contributed by atoms with Crippen molar-refractivity contribution in [2.24, 2.45) is 0 Å². The predicted molar refractivity (Wildman–Crippen MR) is 166 cm³/mol. The summed E-state index contributed by atoms with van der Waals surface area (Å²) in [6.07, 6.45) is 2.16. The van der Waals surface area contributed by atoms with E-state index in [9.17, 15) is 10.2 Å². The Hall–Kier alpha value is -4.03. The van der Waals surface area contributed by atoms with E-state index in [1.807, 2.05) is 36.4 Å². The van der Waals surface area contributed by atoms with Crippen LogP contribution in [-0.2, 0) is 39.4 Å².